The van der Waals surface area contributed by atoms with Gasteiger partial charge in [0.05, 0.1) is 11.0 Å². The Morgan fingerprint density at radius 2 is 1.96 bits per heavy atom. The van der Waals surface area contributed by atoms with E-state index in [4.69, 9.17) is 4.74 Å². The minimum atomic E-state index is 0.0203. The predicted molar refractivity (Wildman–Crippen MR) is 103 cm³/mol. The van der Waals surface area contributed by atoms with E-state index in [2.05, 4.69) is 27.4 Å². The molecule has 0 aliphatic carbocycles. The van der Waals surface area contributed by atoms with Crippen molar-refractivity contribution in [1.29, 1.82) is 0 Å². The molecule has 0 aliphatic rings. The van der Waals surface area contributed by atoms with Crippen molar-refractivity contribution in [3.63, 3.8) is 0 Å². The molecule has 0 radical (unpaired) electrons. The van der Waals surface area contributed by atoms with Gasteiger partial charge in [0.15, 0.2) is 0 Å². The number of para-hydroxylation sites is 2. The Balaban J connectivity index is 1.57. The van der Waals surface area contributed by atoms with Gasteiger partial charge >= 0.3 is 0 Å². The maximum absolute atomic E-state index is 11.8. The highest BCUT2D eigenvalue weighted by atomic mass is 16.5. The monoisotopic (exact) mass is 361 g/mol. The van der Waals surface area contributed by atoms with Gasteiger partial charge in [-0.2, -0.15) is 0 Å². The number of nitrogens with one attached hydrogen (secondary N) is 1. The lowest BCUT2D eigenvalue weighted by Gasteiger charge is -2.09. The Morgan fingerprint density at radius 3 is 2.78 bits per heavy atom. The zero-order valence-electron chi connectivity index (χ0n) is 14.9. The molecule has 0 saturated heterocycles. The van der Waals surface area contributed by atoms with Gasteiger partial charge in [0.1, 0.15) is 12.1 Å². The van der Waals surface area contributed by atoms with Crippen LogP contribution in [0.15, 0.2) is 54.9 Å². The largest absolute Gasteiger partial charge is 0.436 e. The highest BCUT2D eigenvalue weighted by molar-refractivity contribution is 5.90. The summed E-state index contributed by atoms with van der Waals surface area (Å²) in [4.78, 5) is 16.4. The number of fused-ring (bicyclic) bond motifs is 3. The molecule has 0 saturated carbocycles. The smallest absolute Gasteiger partial charge is 0.266 e. The number of anilines is 1. The topological polar surface area (TPSA) is 81.4 Å². The molecule has 0 aliphatic heterocycles. The molecule has 2 aromatic carbocycles. The van der Waals surface area contributed by atoms with Crippen molar-refractivity contribution in [3.8, 4) is 11.6 Å². The van der Waals surface area contributed by atoms with Crippen LogP contribution in [0.4, 0.5) is 5.69 Å². The van der Waals surface area contributed by atoms with Gasteiger partial charge < -0.3 is 10.1 Å². The van der Waals surface area contributed by atoms with Crippen LogP contribution in [0.5, 0.6) is 11.6 Å². The quantitative estimate of drug-likeness (QED) is 0.557. The van der Waals surface area contributed by atoms with E-state index < -0.39 is 0 Å². The van der Waals surface area contributed by atoms with E-state index in [0.29, 0.717) is 23.7 Å². The van der Waals surface area contributed by atoms with Gasteiger partial charge in [0.2, 0.25) is 11.6 Å². The van der Waals surface area contributed by atoms with Crippen LogP contribution in [0, 0.1) is 0 Å². The molecule has 0 unspecified atom stereocenters. The van der Waals surface area contributed by atoms with Crippen molar-refractivity contribution in [2.45, 2.75) is 26.2 Å². The van der Waals surface area contributed by atoms with E-state index in [1.165, 1.54) is 0 Å². The number of amides is 1. The number of ether oxygens (including phenoxy) is 1. The summed E-state index contributed by atoms with van der Waals surface area (Å²) in [7, 11) is 0. The maximum Gasteiger partial charge on any atom is 0.266 e. The number of benzene rings is 2. The lowest BCUT2D eigenvalue weighted by Crippen LogP contribution is -2.10. The number of carbonyl (C=O) groups excluding carboxylic acids is 1. The first-order chi connectivity index (χ1) is 13.2. The van der Waals surface area contributed by atoms with Gasteiger partial charge in [-0.15, -0.1) is 10.2 Å². The second-order valence-electron chi connectivity index (χ2n) is 6.21. The molecule has 4 aromatic rings. The minimum Gasteiger partial charge on any atom is -0.436 e. The molecule has 7 heteroatoms. The molecular weight excluding hydrogens is 342 g/mol. The van der Waals surface area contributed by atoms with Crippen molar-refractivity contribution >= 4 is 28.3 Å². The molecule has 0 atom stereocenters. The molecule has 0 spiro atoms. The van der Waals surface area contributed by atoms with Crippen LogP contribution < -0.4 is 10.1 Å². The number of carbonyl (C=O) groups is 1. The first-order valence-electron chi connectivity index (χ1n) is 8.91. The second-order valence-corrected chi connectivity index (χ2v) is 6.21. The van der Waals surface area contributed by atoms with Crippen LogP contribution >= 0.6 is 0 Å². The Morgan fingerprint density at radius 1 is 1.15 bits per heavy atom. The molecule has 4 rings (SSSR count). The second kappa shape index (κ2) is 7.41. The predicted octanol–water partition coefficient (Wildman–Crippen LogP) is 4.20. The summed E-state index contributed by atoms with van der Waals surface area (Å²) in [6.07, 6.45) is 4.05. The fourth-order valence-corrected chi connectivity index (χ4v) is 2.83. The molecule has 1 N–H and O–H groups in total. The fraction of sp³-hybridized carbons (Fsp3) is 0.200. The van der Waals surface area contributed by atoms with E-state index in [-0.39, 0.29) is 5.91 Å². The van der Waals surface area contributed by atoms with Gasteiger partial charge in [0.25, 0.3) is 5.88 Å². The third kappa shape index (κ3) is 3.57. The number of nitrogens with zero attached hydrogens (tertiary/aromatic N) is 4. The van der Waals surface area contributed by atoms with Gasteiger partial charge in [0, 0.05) is 12.1 Å². The lowest BCUT2D eigenvalue weighted by atomic mass is 10.2. The average molecular weight is 361 g/mol. The third-order valence-corrected chi connectivity index (χ3v) is 4.21. The fourth-order valence-electron chi connectivity index (χ4n) is 2.83. The van der Waals surface area contributed by atoms with Crippen molar-refractivity contribution in [1.82, 2.24) is 19.6 Å². The van der Waals surface area contributed by atoms with Crippen molar-refractivity contribution in [2.24, 2.45) is 0 Å². The van der Waals surface area contributed by atoms with Crippen LogP contribution in [0.1, 0.15) is 26.2 Å². The van der Waals surface area contributed by atoms with Gasteiger partial charge in [-0.05, 0) is 42.8 Å². The summed E-state index contributed by atoms with van der Waals surface area (Å²) in [6.45, 7) is 2.06. The van der Waals surface area contributed by atoms with Crippen LogP contribution in [0.2, 0.25) is 0 Å². The Bertz CT molecular complexity index is 1090. The van der Waals surface area contributed by atoms with E-state index >= 15 is 0 Å². The number of unbranched alkanes of at least 4 members (excludes halogenated alkanes) is 1. The molecule has 0 bridgehead atoms. The summed E-state index contributed by atoms with van der Waals surface area (Å²) >= 11 is 0. The molecule has 7 nitrogen and oxygen atoms in total. The Kier molecular flexibility index (Phi) is 4.65. The molecule has 27 heavy (non-hydrogen) atoms. The zero-order valence-corrected chi connectivity index (χ0v) is 14.9. The van der Waals surface area contributed by atoms with Crippen LogP contribution in [0.3, 0.4) is 0 Å². The van der Waals surface area contributed by atoms with Crippen LogP contribution in [-0.2, 0) is 4.79 Å². The molecule has 2 aromatic heterocycles. The van der Waals surface area contributed by atoms with Crippen LogP contribution in [0.25, 0.3) is 16.7 Å². The summed E-state index contributed by atoms with van der Waals surface area (Å²) in [5.74, 6) is 1.01. The van der Waals surface area contributed by atoms with E-state index in [0.717, 1.165) is 29.6 Å². The average Bonchev–Trinajstić information content (AvgIpc) is 3.18. The van der Waals surface area contributed by atoms with Gasteiger partial charge in [-0.25, -0.2) is 4.98 Å². The molecule has 0 fully saturated rings. The third-order valence-electron chi connectivity index (χ3n) is 4.21. The molecule has 1 amide bonds. The van der Waals surface area contributed by atoms with E-state index in [1.54, 1.807) is 30.6 Å². The normalized spacial score (nSPS) is 11.0. The van der Waals surface area contributed by atoms with Gasteiger partial charge in [-0.3, -0.25) is 9.20 Å². The first-order valence-corrected chi connectivity index (χ1v) is 8.91. The standard InChI is InChI=1S/C20H19N5O2/c1-2-3-8-18(26)22-14-9-11-15(12-10-14)27-20-19-24-21-13-25(19)17-7-5-4-6-16(17)23-20/h4-7,9-13H,2-3,8H2,1H3,(H,22,26). The number of hydrogen-bond acceptors (Lipinski definition) is 5. The van der Waals surface area contributed by atoms with Crippen molar-refractivity contribution in [2.75, 3.05) is 5.32 Å². The highest BCUT2D eigenvalue weighted by Gasteiger charge is 2.12. The number of rotatable bonds is 6. The maximum atomic E-state index is 11.8. The van der Waals surface area contributed by atoms with E-state index in [9.17, 15) is 4.79 Å². The molecular formula is C20H19N5O2. The minimum absolute atomic E-state index is 0.0203. The SMILES string of the molecule is CCCCC(=O)Nc1ccc(Oc2nc3ccccc3n3cnnc23)cc1. The Labute approximate surface area is 156 Å². The summed E-state index contributed by atoms with van der Waals surface area (Å²) in [6, 6.07) is 14.9. The van der Waals surface area contributed by atoms with Gasteiger partial charge in [-0.1, -0.05) is 25.5 Å². The first kappa shape index (κ1) is 17.0. The summed E-state index contributed by atoms with van der Waals surface area (Å²) in [5.41, 5.74) is 2.99. The van der Waals surface area contributed by atoms with Crippen molar-refractivity contribution < 1.29 is 9.53 Å². The molecule has 2 heterocycles. The molecule has 136 valence electrons. The number of aromatic nitrogens is 4. The van der Waals surface area contributed by atoms with Crippen LogP contribution in [-0.4, -0.2) is 25.5 Å². The van der Waals surface area contributed by atoms with Crippen molar-refractivity contribution in [3.05, 3.63) is 54.9 Å². The Hall–Kier alpha value is -3.48. The number of hydrogen-bond donors (Lipinski definition) is 1. The summed E-state index contributed by atoms with van der Waals surface area (Å²) in [5, 5.41) is 11.0. The van der Waals surface area contributed by atoms with E-state index in [1.807, 2.05) is 28.7 Å². The summed E-state index contributed by atoms with van der Waals surface area (Å²) < 4.78 is 7.78. The lowest BCUT2D eigenvalue weighted by molar-refractivity contribution is -0.116. The zero-order chi connectivity index (χ0) is 18.6. The highest BCUT2D eigenvalue weighted by Crippen LogP contribution is 2.27.